The SMILES string of the molecule is c1ccc(CN2CCC(NCCc3cnc[nH]3)CC2)cc1. The Morgan fingerprint density at radius 1 is 1.19 bits per heavy atom. The van der Waals surface area contributed by atoms with E-state index in [0.717, 1.165) is 19.5 Å². The van der Waals surface area contributed by atoms with Crippen LogP contribution in [-0.4, -0.2) is 40.5 Å². The average molecular weight is 284 g/mol. The first-order valence-corrected chi connectivity index (χ1v) is 7.87. The molecule has 0 saturated carbocycles. The lowest BCUT2D eigenvalue weighted by Crippen LogP contribution is -2.42. The van der Waals surface area contributed by atoms with E-state index in [4.69, 9.17) is 0 Å². The van der Waals surface area contributed by atoms with E-state index in [1.54, 1.807) is 6.33 Å². The zero-order valence-corrected chi connectivity index (χ0v) is 12.5. The predicted octanol–water partition coefficient (Wildman–Crippen LogP) is 2.21. The zero-order chi connectivity index (χ0) is 14.3. The van der Waals surface area contributed by atoms with Crippen molar-refractivity contribution in [2.24, 2.45) is 0 Å². The highest BCUT2D eigenvalue weighted by molar-refractivity contribution is 5.14. The van der Waals surface area contributed by atoms with Crippen LogP contribution >= 0.6 is 0 Å². The molecule has 2 aromatic rings. The van der Waals surface area contributed by atoms with Gasteiger partial charge < -0.3 is 10.3 Å². The minimum Gasteiger partial charge on any atom is -0.348 e. The van der Waals surface area contributed by atoms with Crippen LogP contribution < -0.4 is 5.32 Å². The van der Waals surface area contributed by atoms with E-state index in [1.807, 2.05) is 6.20 Å². The fourth-order valence-corrected chi connectivity index (χ4v) is 2.97. The van der Waals surface area contributed by atoms with Crippen molar-refractivity contribution in [2.75, 3.05) is 19.6 Å². The van der Waals surface area contributed by atoms with Crippen molar-refractivity contribution >= 4 is 0 Å². The monoisotopic (exact) mass is 284 g/mol. The molecule has 0 bridgehead atoms. The number of nitrogens with one attached hydrogen (secondary N) is 2. The van der Waals surface area contributed by atoms with Crippen LogP contribution in [0.25, 0.3) is 0 Å². The van der Waals surface area contributed by atoms with E-state index in [1.165, 1.54) is 37.2 Å². The number of imidazole rings is 1. The van der Waals surface area contributed by atoms with Gasteiger partial charge in [0.15, 0.2) is 0 Å². The zero-order valence-electron chi connectivity index (χ0n) is 12.5. The van der Waals surface area contributed by atoms with Gasteiger partial charge in [-0.05, 0) is 31.5 Å². The molecule has 1 aromatic heterocycles. The Morgan fingerprint density at radius 2 is 2.00 bits per heavy atom. The summed E-state index contributed by atoms with van der Waals surface area (Å²) in [4.78, 5) is 9.76. The summed E-state index contributed by atoms with van der Waals surface area (Å²) in [6, 6.07) is 11.4. The van der Waals surface area contributed by atoms with E-state index >= 15 is 0 Å². The molecule has 0 spiro atoms. The molecule has 2 N–H and O–H groups in total. The Balaban J connectivity index is 1.35. The van der Waals surface area contributed by atoms with Gasteiger partial charge in [-0.3, -0.25) is 4.90 Å². The van der Waals surface area contributed by atoms with Gasteiger partial charge in [-0.25, -0.2) is 4.98 Å². The number of hydrogen-bond acceptors (Lipinski definition) is 3. The molecule has 1 aliphatic rings. The molecule has 1 aromatic carbocycles. The van der Waals surface area contributed by atoms with Gasteiger partial charge in [0.25, 0.3) is 0 Å². The number of likely N-dealkylation sites (tertiary alicyclic amines) is 1. The normalized spacial score (nSPS) is 17.1. The summed E-state index contributed by atoms with van der Waals surface area (Å²) in [7, 11) is 0. The smallest absolute Gasteiger partial charge is 0.0921 e. The summed E-state index contributed by atoms with van der Waals surface area (Å²) in [6.45, 7) is 4.50. The van der Waals surface area contributed by atoms with Crippen LogP contribution in [0.1, 0.15) is 24.1 Å². The van der Waals surface area contributed by atoms with Gasteiger partial charge in [0.1, 0.15) is 0 Å². The minimum atomic E-state index is 0.667. The Morgan fingerprint density at radius 3 is 2.71 bits per heavy atom. The second-order valence-corrected chi connectivity index (χ2v) is 5.82. The van der Waals surface area contributed by atoms with Crippen LogP contribution in [0.15, 0.2) is 42.9 Å². The van der Waals surface area contributed by atoms with Crippen molar-refractivity contribution in [2.45, 2.75) is 31.8 Å². The molecule has 3 rings (SSSR count). The molecule has 1 aliphatic heterocycles. The van der Waals surface area contributed by atoms with E-state index in [2.05, 4.69) is 50.5 Å². The molecular formula is C17H24N4. The van der Waals surface area contributed by atoms with E-state index in [-0.39, 0.29) is 0 Å². The van der Waals surface area contributed by atoms with E-state index in [0.29, 0.717) is 6.04 Å². The van der Waals surface area contributed by atoms with Gasteiger partial charge >= 0.3 is 0 Å². The second-order valence-electron chi connectivity index (χ2n) is 5.82. The first kappa shape index (κ1) is 14.3. The maximum atomic E-state index is 4.05. The second kappa shape index (κ2) is 7.38. The highest BCUT2D eigenvalue weighted by Crippen LogP contribution is 2.13. The topological polar surface area (TPSA) is 44.0 Å². The van der Waals surface area contributed by atoms with Crippen molar-refractivity contribution in [1.82, 2.24) is 20.2 Å². The lowest BCUT2D eigenvalue weighted by molar-refractivity contribution is 0.191. The number of aromatic nitrogens is 2. The first-order valence-electron chi connectivity index (χ1n) is 7.87. The lowest BCUT2D eigenvalue weighted by Gasteiger charge is -2.32. The average Bonchev–Trinajstić information content (AvgIpc) is 3.03. The van der Waals surface area contributed by atoms with Gasteiger partial charge in [-0.2, -0.15) is 0 Å². The van der Waals surface area contributed by atoms with Crippen LogP contribution in [0.2, 0.25) is 0 Å². The van der Waals surface area contributed by atoms with Gasteiger partial charge in [-0.15, -0.1) is 0 Å². The van der Waals surface area contributed by atoms with Crippen LogP contribution in [0.4, 0.5) is 0 Å². The molecule has 0 atom stereocenters. The van der Waals surface area contributed by atoms with Crippen molar-refractivity contribution in [3.05, 3.63) is 54.1 Å². The summed E-state index contributed by atoms with van der Waals surface area (Å²) in [5, 5.41) is 3.67. The van der Waals surface area contributed by atoms with Crippen LogP contribution in [0, 0.1) is 0 Å². The third-order valence-electron chi connectivity index (χ3n) is 4.22. The van der Waals surface area contributed by atoms with Gasteiger partial charge in [-0.1, -0.05) is 30.3 Å². The Bertz CT molecular complexity index is 501. The number of benzene rings is 1. The summed E-state index contributed by atoms with van der Waals surface area (Å²) in [6.07, 6.45) is 7.18. The first-order chi connectivity index (χ1) is 10.4. The summed E-state index contributed by atoms with van der Waals surface area (Å²) in [5.74, 6) is 0. The molecule has 1 saturated heterocycles. The third-order valence-corrected chi connectivity index (χ3v) is 4.22. The lowest BCUT2D eigenvalue weighted by atomic mass is 10.0. The van der Waals surface area contributed by atoms with Gasteiger partial charge in [0.05, 0.1) is 6.33 Å². The molecule has 21 heavy (non-hydrogen) atoms. The number of rotatable bonds is 6. The van der Waals surface area contributed by atoms with E-state index in [9.17, 15) is 0 Å². The fraction of sp³-hybridized carbons (Fsp3) is 0.471. The quantitative estimate of drug-likeness (QED) is 0.855. The number of H-pyrrole nitrogens is 1. The standard InChI is InChI=1S/C17H24N4/c1-2-4-15(5-3-1)13-21-10-7-16(8-11-21)19-9-6-17-12-18-14-20-17/h1-5,12,14,16,19H,6-11,13H2,(H,18,20). The highest BCUT2D eigenvalue weighted by Gasteiger charge is 2.18. The largest absolute Gasteiger partial charge is 0.348 e. The molecule has 2 heterocycles. The maximum absolute atomic E-state index is 4.05. The third kappa shape index (κ3) is 4.41. The number of hydrogen-bond donors (Lipinski definition) is 2. The minimum absolute atomic E-state index is 0.667. The fourth-order valence-electron chi connectivity index (χ4n) is 2.97. The van der Waals surface area contributed by atoms with Gasteiger partial charge in [0, 0.05) is 37.4 Å². The molecule has 0 unspecified atom stereocenters. The van der Waals surface area contributed by atoms with Crippen LogP contribution in [-0.2, 0) is 13.0 Å². The van der Waals surface area contributed by atoms with Crippen LogP contribution in [0.3, 0.4) is 0 Å². The van der Waals surface area contributed by atoms with Gasteiger partial charge in [0.2, 0.25) is 0 Å². The molecule has 0 aliphatic carbocycles. The molecule has 4 nitrogen and oxygen atoms in total. The summed E-state index contributed by atoms with van der Waals surface area (Å²) in [5.41, 5.74) is 2.63. The van der Waals surface area contributed by atoms with Crippen molar-refractivity contribution in [1.29, 1.82) is 0 Å². The highest BCUT2D eigenvalue weighted by atomic mass is 15.1. The predicted molar refractivity (Wildman–Crippen MR) is 85.0 cm³/mol. The molecule has 0 radical (unpaired) electrons. The molecule has 1 fully saturated rings. The van der Waals surface area contributed by atoms with Crippen LogP contribution in [0.5, 0.6) is 0 Å². The number of aromatic amines is 1. The molecule has 4 heteroatoms. The van der Waals surface area contributed by atoms with Crippen molar-refractivity contribution in [3.8, 4) is 0 Å². The summed E-state index contributed by atoms with van der Waals surface area (Å²) >= 11 is 0. The summed E-state index contributed by atoms with van der Waals surface area (Å²) < 4.78 is 0. The Kier molecular flexibility index (Phi) is 5.03. The molecule has 112 valence electrons. The molecular weight excluding hydrogens is 260 g/mol. The number of nitrogens with zero attached hydrogens (tertiary/aromatic N) is 2. The maximum Gasteiger partial charge on any atom is 0.0921 e. The Hall–Kier alpha value is -1.65. The number of piperidine rings is 1. The molecule has 0 amide bonds. The van der Waals surface area contributed by atoms with Crippen molar-refractivity contribution in [3.63, 3.8) is 0 Å². The van der Waals surface area contributed by atoms with Crippen molar-refractivity contribution < 1.29 is 0 Å². The van der Waals surface area contributed by atoms with E-state index < -0.39 is 0 Å². The Labute approximate surface area is 126 Å².